The molecule has 4 aromatic rings. The Morgan fingerprint density at radius 2 is 1.76 bits per heavy atom. The maximum atomic E-state index is 13.1. The molecule has 0 bridgehead atoms. The van der Waals surface area contributed by atoms with Gasteiger partial charge in [0, 0.05) is 5.56 Å². The van der Waals surface area contributed by atoms with E-state index in [-0.39, 0.29) is 38.1 Å². The van der Waals surface area contributed by atoms with Crippen LogP contribution >= 0.6 is 0 Å². The van der Waals surface area contributed by atoms with E-state index in [0.29, 0.717) is 23.1 Å². The molecule has 2 unspecified atom stereocenters. The van der Waals surface area contributed by atoms with Crippen molar-refractivity contribution in [1.82, 2.24) is 10.2 Å². The summed E-state index contributed by atoms with van der Waals surface area (Å²) >= 11 is 0.111. The third-order valence-corrected chi connectivity index (χ3v) is 8.05. The van der Waals surface area contributed by atoms with Gasteiger partial charge in [-0.2, -0.15) is 0 Å². The topological polar surface area (TPSA) is 77.2 Å². The van der Waals surface area contributed by atoms with Crippen LogP contribution in [0.4, 0.5) is 4.39 Å². The quantitative estimate of drug-likeness (QED) is 0.289. The summed E-state index contributed by atoms with van der Waals surface area (Å²) in [6.45, 7) is 3.76. The fourth-order valence-electron chi connectivity index (χ4n) is 3.77. The molecule has 1 amide bonds. The molecule has 3 aromatic carbocycles. The molecule has 0 spiro atoms. The summed E-state index contributed by atoms with van der Waals surface area (Å²) in [5.74, 6) is 1.11. The number of carbonyl (C=O) groups excluding carboxylic acids is 1. The Kier molecular flexibility index (Phi) is 7.35. The zero-order valence-corrected chi connectivity index (χ0v) is 21.9. The Hall–Kier alpha value is -3.94. The maximum absolute atomic E-state index is 13.1. The third-order valence-electron chi connectivity index (χ3n) is 5.64. The van der Waals surface area contributed by atoms with Gasteiger partial charge < -0.3 is 0 Å². The molecule has 7 nitrogen and oxygen atoms in total. The number of hydrogen-bond donors (Lipinski definition) is 0. The van der Waals surface area contributed by atoms with E-state index in [1.807, 2.05) is 30.3 Å². The van der Waals surface area contributed by atoms with Gasteiger partial charge in [0.25, 0.3) is 0 Å². The van der Waals surface area contributed by atoms with Crippen LogP contribution in [0.1, 0.15) is 25.2 Å². The first-order valence-electron chi connectivity index (χ1n) is 11.7. The summed E-state index contributed by atoms with van der Waals surface area (Å²) in [6.07, 6.45) is -0.453. The predicted octanol–water partition coefficient (Wildman–Crippen LogP) is 4.76. The number of hydrogen-bond acceptors (Lipinski definition) is 6. The number of rotatable bonds is 8. The average Bonchev–Trinajstić information content (AvgIpc) is 3.57. The van der Waals surface area contributed by atoms with E-state index in [1.165, 1.54) is 28.5 Å². The van der Waals surface area contributed by atoms with Crippen LogP contribution in [-0.2, 0) is 16.1 Å². The van der Waals surface area contributed by atoms with Crippen LogP contribution in [0.25, 0.3) is 11.3 Å². The second kappa shape index (κ2) is 11.0. The van der Waals surface area contributed by atoms with Gasteiger partial charge in [0.1, 0.15) is 11.5 Å². The molecule has 1 aliphatic rings. The molecule has 5 rings (SSSR count). The number of hydrazone groups is 1. The Balaban J connectivity index is 1.21. The predicted molar refractivity (Wildman–Crippen MR) is 138 cm³/mol. The van der Waals surface area contributed by atoms with Gasteiger partial charge in [0.2, 0.25) is 0 Å². The number of aromatic nitrogens is 1. The number of carbonyl (C=O) groups is 1. The number of halogens is 1. The molecule has 37 heavy (non-hydrogen) atoms. The SMILES string of the molecule is CC(=O)N1N=C(c2ccc(OCc3cc(-c4ccc(F)cc4)no3)cc2)OC1C(C)[Se]c1ccccc1. The summed E-state index contributed by atoms with van der Waals surface area (Å²) in [7, 11) is 0. The van der Waals surface area contributed by atoms with Crippen LogP contribution in [0.5, 0.6) is 5.75 Å². The minimum atomic E-state index is -0.453. The number of nitrogens with zero attached hydrogens (tertiary/aromatic N) is 3. The number of benzene rings is 3. The molecule has 0 N–H and O–H groups in total. The molecule has 2 heterocycles. The van der Waals surface area contributed by atoms with Crippen molar-refractivity contribution in [3.63, 3.8) is 0 Å². The van der Waals surface area contributed by atoms with E-state index in [1.54, 1.807) is 30.3 Å². The Morgan fingerprint density at radius 3 is 2.46 bits per heavy atom. The molecule has 188 valence electrons. The summed E-state index contributed by atoms with van der Waals surface area (Å²) < 4.78 is 31.7. The van der Waals surface area contributed by atoms with Gasteiger partial charge in [-0.05, 0) is 24.3 Å². The second-order valence-electron chi connectivity index (χ2n) is 8.41. The van der Waals surface area contributed by atoms with Crippen molar-refractivity contribution in [3.05, 3.63) is 102 Å². The molecule has 0 saturated heterocycles. The molecule has 1 aromatic heterocycles. The molecule has 2 atom stereocenters. The van der Waals surface area contributed by atoms with Gasteiger partial charge in [-0.15, -0.1) is 0 Å². The van der Waals surface area contributed by atoms with E-state index in [0.717, 1.165) is 11.1 Å². The van der Waals surface area contributed by atoms with Crippen LogP contribution < -0.4 is 9.20 Å². The van der Waals surface area contributed by atoms with E-state index < -0.39 is 6.23 Å². The van der Waals surface area contributed by atoms with Crippen molar-refractivity contribution in [2.75, 3.05) is 0 Å². The van der Waals surface area contributed by atoms with Crippen LogP contribution in [0.3, 0.4) is 0 Å². The van der Waals surface area contributed by atoms with Crippen molar-refractivity contribution in [2.24, 2.45) is 5.10 Å². The summed E-state index contributed by atoms with van der Waals surface area (Å²) in [5.41, 5.74) is 2.12. The van der Waals surface area contributed by atoms with Crippen molar-refractivity contribution in [2.45, 2.75) is 31.5 Å². The first kappa shape index (κ1) is 24.7. The molecule has 0 radical (unpaired) electrons. The summed E-state index contributed by atoms with van der Waals surface area (Å²) in [4.78, 5) is 12.4. The van der Waals surface area contributed by atoms with Gasteiger partial charge in [-0.1, -0.05) is 5.16 Å². The number of amides is 1. The van der Waals surface area contributed by atoms with Gasteiger partial charge in [0.15, 0.2) is 0 Å². The number of ether oxygens (including phenoxy) is 2. The van der Waals surface area contributed by atoms with Gasteiger partial charge in [-0.25, -0.2) is 4.39 Å². The molecule has 0 aliphatic carbocycles. The van der Waals surface area contributed by atoms with Gasteiger partial charge in [-0.3, -0.25) is 0 Å². The van der Waals surface area contributed by atoms with Crippen LogP contribution in [-0.4, -0.2) is 43.2 Å². The molecular weight excluding hydrogens is 540 g/mol. The summed E-state index contributed by atoms with van der Waals surface area (Å²) in [5, 5.41) is 9.91. The Bertz CT molecular complexity index is 1390. The van der Waals surface area contributed by atoms with Crippen LogP contribution in [0, 0.1) is 5.82 Å². The summed E-state index contributed by atoms with van der Waals surface area (Å²) in [6, 6.07) is 25.3. The Morgan fingerprint density at radius 1 is 1.05 bits per heavy atom. The first-order valence-corrected chi connectivity index (χ1v) is 13.5. The normalized spacial score (nSPS) is 15.7. The first-order chi connectivity index (χ1) is 18.0. The van der Waals surface area contributed by atoms with Crippen molar-refractivity contribution >= 4 is 31.2 Å². The Labute approximate surface area is 220 Å². The van der Waals surface area contributed by atoms with Crippen LogP contribution in [0.15, 0.2) is 94.6 Å². The average molecular weight is 564 g/mol. The zero-order chi connectivity index (χ0) is 25.8. The molecule has 0 fully saturated rings. The second-order valence-corrected chi connectivity index (χ2v) is 11.5. The van der Waals surface area contributed by atoms with Gasteiger partial charge in [0.05, 0.1) is 0 Å². The fraction of sp³-hybridized carbons (Fsp3) is 0.179. The van der Waals surface area contributed by atoms with Crippen molar-refractivity contribution in [1.29, 1.82) is 0 Å². The standard InChI is InChI=1S/C28H24FN3O4Se/c1-18(37-25-6-4-3-5-7-25)28-32(19(2)33)30-27(35-28)21-10-14-23(15-11-21)34-17-24-16-26(31-36-24)20-8-12-22(29)13-9-20/h3-16,18,28H,17H2,1-2H3. The van der Waals surface area contributed by atoms with E-state index in [4.69, 9.17) is 14.0 Å². The monoisotopic (exact) mass is 565 g/mol. The molecule has 9 heteroatoms. The van der Waals surface area contributed by atoms with E-state index in [2.05, 4.69) is 29.3 Å². The van der Waals surface area contributed by atoms with E-state index >= 15 is 0 Å². The molecule has 1 aliphatic heterocycles. The molecule has 0 saturated carbocycles. The minimum absolute atomic E-state index is 0.101. The molecular formula is C28H24FN3O4Se. The van der Waals surface area contributed by atoms with Crippen LogP contribution in [0.2, 0.25) is 4.82 Å². The fourth-order valence-corrected chi connectivity index (χ4v) is 5.93. The van der Waals surface area contributed by atoms with Crippen molar-refractivity contribution in [3.8, 4) is 17.0 Å². The van der Waals surface area contributed by atoms with Gasteiger partial charge >= 0.3 is 169 Å². The van der Waals surface area contributed by atoms with Crippen molar-refractivity contribution < 1.29 is 23.2 Å². The third kappa shape index (κ3) is 5.90. The van der Waals surface area contributed by atoms with E-state index in [9.17, 15) is 9.18 Å². The zero-order valence-electron chi connectivity index (χ0n) is 20.2.